The molecule has 1 aliphatic heterocycles. The maximum absolute atomic E-state index is 5.23. The van der Waals surface area contributed by atoms with Crippen LogP contribution in [0.3, 0.4) is 0 Å². The molecule has 0 amide bonds. The van der Waals surface area contributed by atoms with Gasteiger partial charge < -0.3 is 19.9 Å². The first-order valence-corrected chi connectivity index (χ1v) is 10.2. The van der Waals surface area contributed by atoms with Gasteiger partial charge in [0.2, 0.25) is 0 Å². The molecule has 2 N–H and O–H groups in total. The van der Waals surface area contributed by atoms with Crippen LogP contribution in [0.25, 0.3) is 0 Å². The Hall–Kier alpha value is -1.84. The number of hydrogen-bond donors (Lipinski definition) is 2. The van der Waals surface area contributed by atoms with Crippen molar-refractivity contribution in [1.29, 1.82) is 0 Å². The molecule has 1 aromatic carbocycles. The second-order valence-electron chi connectivity index (χ2n) is 7.31. The average Bonchev–Trinajstić information content (AvgIpc) is 2.96. The van der Waals surface area contributed by atoms with Crippen molar-refractivity contribution in [1.82, 2.24) is 25.4 Å². The zero-order valence-corrected chi connectivity index (χ0v) is 20.0. The lowest BCUT2D eigenvalue weighted by atomic mass is 9.98. The first-order chi connectivity index (χ1) is 13.7. The normalized spacial score (nSPS) is 14.9. The van der Waals surface area contributed by atoms with E-state index in [4.69, 9.17) is 4.74 Å². The van der Waals surface area contributed by atoms with Gasteiger partial charge in [-0.1, -0.05) is 25.5 Å². The summed E-state index contributed by atoms with van der Waals surface area (Å²) < 4.78 is 7.49. The van der Waals surface area contributed by atoms with Crippen LogP contribution >= 0.6 is 24.0 Å². The highest BCUT2D eigenvalue weighted by atomic mass is 127. The minimum atomic E-state index is 0. The van der Waals surface area contributed by atoms with Gasteiger partial charge in [-0.3, -0.25) is 4.99 Å². The van der Waals surface area contributed by atoms with Gasteiger partial charge in [0, 0.05) is 26.6 Å². The third-order valence-corrected chi connectivity index (χ3v) is 5.38. The SMILES string of the molecule is CN=C(NCCC(C)c1ccc(OC)cc1)NCc1nnc2n1CCCCC2.I. The Bertz CT molecular complexity index is 774. The minimum absolute atomic E-state index is 0. The quantitative estimate of drug-likeness (QED) is 0.338. The molecule has 0 spiro atoms. The Morgan fingerprint density at radius 2 is 1.97 bits per heavy atom. The molecule has 8 heteroatoms. The van der Waals surface area contributed by atoms with E-state index in [2.05, 4.69) is 49.4 Å². The summed E-state index contributed by atoms with van der Waals surface area (Å²) in [6.07, 6.45) is 5.73. The third-order valence-electron chi connectivity index (χ3n) is 5.38. The lowest BCUT2D eigenvalue weighted by Crippen LogP contribution is -2.38. The van der Waals surface area contributed by atoms with Crippen molar-refractivity contribution in [2.24, 2.45) is 4.99 Å². The largest absolute Gasteiger partial charge is 0.497 e. The molecule has 0 radical (unpaired) electrons. The van der Waals surface area contributed by atoms with Crippen LogP contribution in [0, 0.1) is 0 Å². The standard InChI is InChI=1S/C21H32N6O.HI/c1-16(17-8-10-18(28-3)11-9-17)12-13-23-21(22-2)24-15-20-26-25-19-7-5-4-6-14-27(19)20;/h8-11,16H,4-7,12-15H2,1-3H3,(H2,22,23,24);1H. The number of rotatable bonds is 7. The number of aryl methyl sites for hydroxylation is 1. The summed E-state index contributed by atoms with van der Waals surface area (Å²) in [5.41, 5.74) is 1.32. The fourth-order valence-electron chi connectivity index (χ4n) is 3.57. The van der Waals surface area contributed by atoms with Crippen molar-refractivity contribution in [3.8, 4) is 5.75 Å². The first kappa shape index (κ1) is 23.4. The molecular formula is C21H33IN6O. The minimum Gasteiger partial charge on any atom is -0.497 e. The predicted octanol–water partition coefficient (Wildman–Crippen LogP) is 3.49. The summed E-state index contributed by atoms with van der Waals surface area (Å²) in [5.74, 6) is 4.26. The highest BCUT2D eigenvalue weighted by Crippen LogP contribution is 2.21. The van der Waals surface area contributed by atoms with Crippen LogP contribution in [0.5, 0.6) is 5.75 Å². The highest BCUT2D eigenvalue weighted by molar-refractivity contribution is 14.0. The number of nitrogens with zero attached hydrogens (tertiary/aromatic N) is 4. The van der Waals surface area contributed by atoms with Crippen molar-refractivity contribution < 1.29 is 4.74 Å². The molecule has 2 aromatic rings. The van der Waals surface area contributed by atoms with Gasteiger partial charge in [0.25, 0.3) is 0 Å². The van der Waals surface area contributed by atoms with Crippen LogP contribution in [0.15, 0.2) is 29.3 Å². The molecule has 7 nitrogen and oxygen atoms in total. The van der Waals surface area contributed by atoms with Crippen molar-refractivity contribution in [3.63, 3.8) is 0 Å². The molecule has 160 valence electrons. The zero-order valence-electron chi connectivity index (χ0n) is 17.6. The molecule has 0 saturated carbocycles. The van der Waals surface area contributed by atoms with Gasteiger partial charge in [-0.25, -0.2) is 0 Å². The van der Waals surface area contributed by atoms with Gasteiger partial charge in [0.15, 0.2) is 11.8 Å². The van der Waals surface area contributed by atoms with Crippen molar-refractivity contribution in [2.45, 2.75) is 58.0 Å². The Morgan fingerprint density at radius 1 is 1.17 bits per heavy atom. The van der Waals surface area contributed by atoms with Gasteiger partial charge >= 0.3 is 0 Å². The van der Waals surface area contributed by atoms with E-state index < -0.39 is 0 Å². The number of halogens is 1. The third kappa shape index (κ3) is 6.58. The number of aliphatic imine (C=N–C) groups is 1. The summed E-state index contributed by atoms with van der Waals surface area (Å²) in [5, 5.41) is 15.5. The molecule has 3 rings (SSSR count). The average molecular weight is 512 g/mol. The predicted molar refractivity (Wildman–Crippen MR) is 127 cm³/mol. The molecule has 1 aromatic heterocycles. The van der Waals surface area contributed by atoms with Crippen molar-refractivity contribution in [2.75, 3.05) is 20.7 Å². The summed E-state index contributed by atoms with van der Waals surface area (Å²) in [4.78, 5) is 4.33. The van der Waals surface area contributed by atoms with Crippen LogP contribution in [0.1, 0.15) is 55.7 Å². The fourth-order valence-corrected chi connectivity index (χ4v) is 3.57. The molecule has 0 aliphatic carbocycles. The van der Waals surface area contributed by atoms with Crippen LogP contribution in [0.4, 0.5) is 0 Å². The number of methoxy groups -OCH3 is 1. The zero-order chi connectivity index (χ0) is 19.8. The van der Waals surface area contributed by atoms with Crippen LogP contribution in [-0.4, -0.2) is 41.4 Å². The first-order valence-electron chi connectivity index (χ1n) is 10.2. The van der Waals surface area contributed by atoms with Crippen LogP contribution < -0.4 is 15.4 Å². The van der Waals surface area contributed by atoms with E-state index in [-0.39, 0.29) is 24.0 Å². The molecule has 2 heterocycles. The van der Waals surface area contributed by atoms with E-state index in [0.717, 1.165) is 49.3 Å². The second kappa shape index (κ2) is 12.0. The summed E-state index contributed by atoms with van der Waals surface area (Å²) in [6, 6.07) is 8.30. The van der Waals surface area contributed by atoms with Crippen molar-refractivity contribution >= 4 is 29.9 Å². The number of fused-ring (bicyclic) bond motifs is 1. The topological polar surface area (TPSA) is 76.4 Å². The van der Waals surface area contributed by atoms with E-state index >= 15 is 0 Å². The molecule has 1 unspecified atom stereocenters. The Kier molecular flexibility index (Phi) is 9.69. The van der Waals surface area contributed by atoms with Crippen molar-refractivity contribution in [3.05, 3.63) is 41.5 Å². The monoisotopic (exact) mass is 512 g/mol. The summed E-state index contributed by atoms with van der Waals surface area (Å²) in [7, 11) is 3.49. The van der Waals surface area contributed by atoms with E-state index in [1.54, 1.807) is 14.2 Å². The van der Waals surface area contributed by atoms with Gasteiger partial charge in [-0.05, 0) is 42.9 Å². The van der Waals surface area contributed by atoms with Gasteiger partial charge in [-0.2, -0.15) is 0 Å². The number of hydrogen-bond acceptors (Lipinski definition) is 4. The smallest absolute Gasteiger partial charge is 0.191 e. The van der Waals surface area contributed by atoms with E-state index in [9.17, 15) is 0 Å². The Balaban J connectivity index is 0.00000300. The highest BCUT2D eigenvalue weighted by Gasteiger charge is 2.14. The summed E-state index contributed by atoms with van der Waals surface area (Å²) >= 11 is 0. The molecule has 0 fully saturated rings. The van der Waals surface area contributed by atoms with Gasteiger partial charge in [0.05, 0.1) is 13.7 Å². The van der Waals surface area contributed by atoms with Gasteiger partial charge in [0.1, 0.15) is 11.6 Å². The van der Waals surface area contributed by atoms with Gasteiger partial charge in [-0.15, -0.1) is 34.2 Å². The maximum Gasteiger partial charge on any atom is 0.191 e. The molecule has 29 heavy (non-hydrogen) atoms. The fraction of sp³-hybridized carbons (Fsp3) is 0.571. The molecule has 0 saturated heterocycles. The number of guanidine groups is 1. The molecule has 1 atom stereocenters. The van der Waals surface area contributed by atoms with E-state index in [1.165, 1.54) is 24.8 Å². The Morgan fingerprint density at radius 3 is 2.69 bits per heavy atom. The Labute approximate surface area is 190 Å². The molecular weight excluding hydrogens is 479 g/mol. The molecule has 0 bridgehead atoms. The summed E-state index contributed by atoms with van der Waals surface area (Å²) in [6.45, 7) is 4.75. The van der Waals surface area contributed by atoms with E-state index in [0.29, 0.717) is 12.5 Å². The number of benzene rings is 1. The number of nitrogens with one attached hydrogen (secondary N) is 2. The van der Waals surface area contributed by atoms with Crippen LogP contribution in [-0.2, 0) is 19.5 Å². The number of ether oxygens (including phenoxy) is 1. The maximum atomic E-state index is 5.23. The second-order valence-corrected chi connectivity index (χ2v) is 7.31. The molecule has 1 aliphatic rings. The number of aromatic nitrogens is 3. The van der Waals surface area contributed by atoms with Crippen LogP contribution in [0.2, 0.25) is 0 Å². The van der Waals surface area contributed by atoms with E-state index in [1.807, 2.05) is 12.1 Å². The lowest BCUT2D eigenvalue weighted by Gasteiger charge is -2.15. The lowest BCUT2D eigenvalue weighted by molar-refractivity contribution is 0.414.